The van der Waals surface area contributed by atoms with Gasteiger partial charge in [-0.05, 0) is 42.9 Å². The van der Waals surface area contributed by atoms with E-state index in [1.54, 1.807) is 0 Å². The van der Waals surface area contributed by atoms with Gasteiger partial charge in [-0.3, -0.25) is 4.79 Å². The summed E-state index contributed by atoms with van der Waals surface area (Å²) in [4.78, 5) is 19.9. The number of nitrogens with zero attached hydrogens (tertiary/aromatic N) is 2. The smallest absolute Gasteiger partial charge is 0.223 e. The number of benzene rings is 2. The molecular weight excluding hydrogens is 367 g/mol. The van der Waals surface area contributed by atoms with Gasteiger partial charge in [-0.2, -0.15) is 0 Å². The highest BCUT2D eigenvalue weighted by atomic mass is 19.1. The topological polar surface area (TPSA) is 80.9 Å². The Kier molecular flexibility index (Phi) is 5.51. The third-order valence-corrected chi connectivity index (χ3v) is 5.45. The third kappa shape index (κ3) is 4.42. The molecule has 0 radical (unpaired) electrons. The van der Waals surface area contributed by atoms with Gasteiger partial charge in [0.1, 0.15) is 5.69 Å². The second-order valence-electron chi connectivity index (χ2n) is 7.43. The largest absolute Gasteiger partial charge is 0.369 e. The molecule has 0 atom stereocenters. The first-order chi connectivity index (χ1) is 14.1. The van der Waals surface area contributed by atoms with E-state index >= 15 is 0 Å². The van der Waals surface area contributed by atoms with Crippen LogP contribution in [0.2, 0.25) is 0 Å². The number of hydrogen-bond acceptors (Lipinski definition) is 4. The summed E-state index contributed by atoms with van der Waals surface area (Å²) in [6.45, 7) is 0. The number of rotatable bonds is 5. The van der Waals surface area contributed by atoms with Crippen molar-refractivity contribution in [1.82, 2.24) is 9.97 Å². The van der Waals surface area contributed by atoms with Crippen LogP contribution in [0.25, 0.3) is 22.4 Å². The van der Waals surface area contributed by atoms with E-state index in [9.17, 15) is 9.18 Å². The molecule has 0 bridgehead atoms. The summed E-state index contributed by atoms with van der Waals surface area (Å²) in [7, 11) is 0. The molecule has 0 unspecified atom stereocenters. The van der Waals surface area contributed by atoms with Crippen molar-refractivity contribution >= 4 is 11.9 Å². The first-order valence-electron chi connectivity index (χ1n) is 9.84. The maximum Gasteiger partial charge on any atom is 0.223 e. The lowest BCUT2D eigenvalue weighted by Gasteiger charge is -2.27. The van der Waals surface area contributed by atoms with E-state index in [0.717, 1.165) is 36.8 Å². The van der Waals surface area contributed by atoms with Crippen molar-refractivity contribution < 1.29 is 9.18 Å². The minimum atomic E-state index is -0.460. The molecule has 0 saturated heterocycles. The lowest BCUT2D eigenvalue weighted by Crippen LogP contribution is -2.32. The normalized spacial score (nSPS) is 18.9. The highest BCUT2D eigenvalue weighted by Crippen LogP contribution is 2.29. The van der Waals surface area contributed by atoms with E-state index in [4.69, 9.17) is 5.73 Å². The highest BCUT2D eigenvalue weighted by Gasteiger charge is 2.25. The van der Waals surface area contributed by atoms with E-state index in [-0.39, 0.29) is 23.6 Å². The summed E-state index contributed by atoms with van der Waals surface area (Å²) in [5, 5.41) is 3.28. The molecule has 1 aromatic heterocycles. The Labute approximate surface area is 169 Å². The molecule has 1 aliphatic carbocycles. The van der Waals surface area contributed by atoms with Crippen LogP contribution in [0.4, 0.5) is 10.3 Å². The Balaban J connectivity index is 1.54. The van der Waals surface area contributed by atoms with Gasteiger partial charge in [0, 0.05) is 17.5 Å². The molecule has 3 aromatic rings. The predicted octanol–water partition coefficient (Wildman–Crippen LogP) is 4.41. The molecule has 2 aromatic carbocycles. The first kappa shape index (κ1) is 19.1. The van der Waals surface area contributed by atoms with Gasteiger partial charge in [-0.15, -0.1) is 0 Å². The number of anilines is 1. The van der Waals surface area contributed by atoms with Crippen LogP contribution >= 0.6 is 0 Å². The van der Waals surface area contributed by atoms with Gasteiger partial charge in [0.05, 0.1) is 6.20 Å². The number of hydrogen-bond donors (Lipinski definition) is 2. The van der Waals surface area contributed by atoms with Gasteiger partial charge in [0.25, 0.3) is 0 Å². The zero-order valence-corrected chi connectivity index (χ0v) is 16.0. The summed E-state index contributed by atoms with van der Waals surface area (Å²) in [5.74, 6) is -0.354. The highest BCUT2D eigenvalue weighted by molar-refractivity contribution is 5.76. The Morgan fingerprint density at radius 2 is 1.66 bits per heavy atom. The molecule has 148 valence electrons. The number of aromatic nitrogens is 2. The fourth-order valence-electron chi connectivity index (χ4n) is 3.82. The molecule has 1 saturated carbocycles. The van der Waals surface area contributed by atoms with Gasteiger partial charge in [-0.1, -0.05) is 48.5 Å². The predicted molar refractivity (Wildman–Crippen MR) is 111 cm³/mol. The Hall–Kier alpha value is -3.28. The van der Waals surface area contributed by atoms with Crippen LogP contribution in [0, 0.1) is 11.7 Å². The molecular formula is C23H23FN4O. The maximum absolute atomic E-state index is 14.5. The summed E-state index contributed by atoms with van der Waals surface area (Å²) in [6.07, 6.45) is 4.33. The van der Waals surface area contributed by atoms with E-state index in [2.05, 4.69) is 15.3 Å². The second-order valence-corrected chi connectivity index (χ2v) is 7.43. The fourth-order valence-corrected chi connectivity index (χ4v) is 3.82. The fraction of sp³-hybridized carbons (Fsp3) is 0.261. The summed E-state index contributed by atoms with van der Waals surface area (Å²) < 4.78 is 14.5. The van der Waals surface area contributed by atoms with Crippen molar-refractivity contribution in [2.75, 3.05) is 5.32 Å². The van der Waals surface area contributed by atoms with E-state index < -0.39 is 5.82 Å². The molecule has 1 aliphatic rings. The van der Waals surface area contributed by atoms with Crippen molar-refractivity contribution in [2.45, 2.75) is 31.7 Å². The van der Waals surface area contributed by atoms with E-state index in [1.165, 1.54) is 6.20 Å². The van der Waals surface area contributed by atoms with Gasteiger partial charge in [0.15, 0.2) is 5.82 Å². The molecule has 1 heterocycles. The maximum atomic E-state index is 14.5. The molecule has 29 heavy (non-hydrogen) atoms. The lowest BCUT2D eigenvalue weighted by atomic mass is 9.86. The van der Waals surface area contributed by atoms with E-state index in [0.29, 0.717) is 11.5 Å². The zero-order valence-electron chi connectivity index (χ0n) is 16.0. The van der Waals surface area contributed by atoms with Gasteiger partial charge >= 0.3 is 0 Å². The number of amides is 1. The Morgan fingerprint density at radius 1 is 0.966 bits per heavy atom. The van der Waals surface area contributed by atoms with E-state index in [1.807, 2.05) is 54.6 Å². The second kappa shape index (κ2) is 8.39. The van der Waals surface area contributed by atoms with Crippen LogP contribution in [0.1, 0.15) is 25.7 Å². The quantitative estimate of drug-likeness (QED) is 0.676. The van der Waals surface area contributed by atoms with Crippen LogP contribution in [0.5, 0.6) is 0 Å². The molecule has 0 spiro atoms. The number of primary amides is 1. The van der Waals surface area contributed by atoms with Crippen molar-refractivity contribution in [3.63, 3.8) is 0 Å². The summed E-state index contributed by atoms with van der Waals surface area (Å²) >= 11 is 0. The number of nitrogens with one attached hydrogen (secondary N) is 1. The summed E-state index contributed by atoms with van der Waals surface area (Å²) in [5.41, 5.74) is 8.43. The average molecular weight is 390 g/mol. The molecule has 1 fully saturated rings. The molecule has 3 N–H and O–H groups in total. The number of halogens is 1. The first-order valence-corrected chi connectivity index (χ1v) is 9.84. The van der Waals surface area contributed by atoms with Crippen molar-refractivity contribution in [2.24, 2.45) is 11.7 Å². The molecule has 5 nitrogen and oxygen atoms in total. The van der Waals surface area contributed by atoms with Gasteiger partial charge < -0.3 is 11.1 Å². The van der Waals surface area contributed by atoms with Crippen LogP contribution in [-0.2, 0) is 4.79 Å². The zero-order chi connectivity index (χ0) is 20.2. The number of carbonyl (C=O) groups is 1. The molecule has 1 amide bonds. The molecule has 6 heteroatoms. The number of carbonyl (C=O) groups excluding carboxylic acids is 1. The van der Waals surface area contributed by atoms with Crippen molar-refractivity contribution in [3.8, 4) is 22.4 Å². The monoisotopic (exact) mass is 390 g/mol. The SMILES string of the molecule is NC(=O)C1CCC(Nc2ncc(F)c(-c3cccc(-c4ccccc4)c3)n2)CC1. The minimum absolute atomic E-state index is 0.0570. The lowest BCUT2D eigenvalue weighted by molar-refractivity contribution is -0.122. The van der Waals surface area contributed by atoms with Crippen LogP contribution in [-0.4, -0.2) is 21.9 Å². The van der Waals surface area contributed by atoms with Crippen LogP contribution in [0.3, 0.4) is 0 Å². The molecule has 0 aliphatic heterocycles. The average Bonchev–Trinajstić information content (AvgIpc) is 2.76. The number of nitrogens with two attached hydrogens (primary N) is 1. The van der Waals surface area contributed by atoms with Gasteiger partial charge in [-0.25, -0.2) is 14.4 Å². The molecule has 4 rings (SSSR count). The third-order valence-electron chi connectivity index (χ3n) is 5.45. The minimum Gasteiger partial charge on any atom is -0.369 e. The summed E-state index contributed by atoms with van der Waals surface area (Å²) in [6, 6.07) is 17.8. The van der Waals surface area contributed by atoms with Crippen molar-refractivity contribution in [1.29, 1.82) is 0 Å². The standard InChI is InChI=1S/C23H23FN4O/c24-20-14-26-23(27-19-11-9-16(10-12-19)22(25)29)28-21(20)18-8-4-7-17(13-18)15-5-2-1-3-6-15/h1-8,13-14,16,19H,9-12H2,(H2,25,29)(H,26,27,28). The van der Waals surface area contributed by atoms with Crippen LogP contribution in [0.15, 0.2) is 60.8 Å². The Bertz CT molecular complexity index is 1000. The van der Waals surface area contributed by atoms with Crippen LogP contribution < -0.4 is 11.1 Å². The van der Waals surface area contributed by atoms with Gasteiger partial charge in [0.2, 0.25) is 11.9 Å². The Morgan fingerprint density at radius 3 is 2.38 bits per heavy atom. The van der Waals surface area contributed by atoms with Crippen molar-refractivity contribution in [3.05, 3.63) is 66.6 Å².